The summed E-state index contributed by atoms with van der Waals surface area (Å²) in [6.45, 7) is 1.59. The molecule has 0 bridgehead atoms. The Kier molecular flexibility index (Phi) is 4.97. The Morgan fingerprint density at radius 1 is 1.35 bits per heavy atom. The van der Waals surface area contributed by atoms with Crippen LogP contribution in [0.1, 0.15) is 11.1 Å². The summed E-state index contributed by atoms with van der Waals surface area (Å²) in [6, 6.07) is 4.26. The van der Waals surface area contributed by atoms with Crippen LogP contribution < -0.4 is 5.73 Å². The first-order valence-corrected chi connectivity index (χ1v) is 5.88. The van der Waals surface area contributed by atoms with E-state index in [1.807, 2.05) is 11.9 Å². The minimum absolute atomic E-state index is 0.0650. The molecule has 0 amide bonds. The van der Waals surface area contributed by atoms with E-state index in [-0.39, 0.29) is 4.47 Å². The fourth-order valence-corrected chi connectivity index (χ4v) is 1.97. The van der Waals surface area contributed by atoms with Gasteiger partial charge in [-0.25, -0.2) is 0 Å². The lowest BCUT2D eigenvalue weighted by Gasteiger charge is -2.17. The fourth-order valence-electron chi connectivity index (χ4n) is 1.50. The van der Waals surface area contributed by atoms with Gasteiger partial charge in [-0.1, -0.05) is 22.0 Å². The van der Waals surface area contributed by atoms with Crippen LogP contribution in [-0.2, 0) is 12.7 Å². The molecule has 0 spiro atoms. The molecule has 6 heteroatoms. The molecule has 96 valence electrons. The molecule has 0 radical (unpaired) electrons. The average molecular weight is 311 g/mol. The third-order valence-corrected chi connectivity index (χ3v) is 2.99. The quantitative estimate of drug-likeness (QED) is 0.926. The Morgan fingerprint density at radius 3 is 2.53 bits per heavy atom. The van der Waals surface area contributed by atoms with Crippen molar-refractivity contribution in [2.75, 3.05) is 20.1 Å². The van der Waals surface area contributed by atoms with E-state index in [9.17, 15) is 13.2 Å². The number of rotatable bonds is 4. The number of likely N-dealkylation sites (N-methyl/N-ethyl adjacent to an activating group) is 1. The molecule has 0 heterocycles. The van der Waals surface area contributed by atoms with Gasteiger partial charge in [-0.05, 0) is 24.7 Å². The third-order valence-electron chi connectivity index (χ3n) is 2.30. The van der Waals surface area contributed by atoms with Crippen molar-refractivity contribution in [3.63, 3.8) is 0 Å². The lowest BCUT2D eigenvalue weighted by atomic mass is 10.1. The molecule has 0 fully saturated rings. The molecule has 2 N–H and O–H groups in total. The lowest BCUT2D eigenvalue weighted by molar-refractivity contribution is -0.138. The molecule has 1 rings (SSSR count). The van der Waals surface area contributed by atoms with Crippen molar-refractivity contribution in [2.45, 2.75) is 12.7 Å². The number of hydrogen-bond donors (Lipinski definition) is 1. The molecule has 1 aromatic rings. The highest BCUT2D eigenvalue weighted by molar-refractivity contribution is 9.10. The second kappa shape index (κ2) is 5.84. The fraction of sp³-hybridized carbons (Fsp3) is 0.455. The van der Waals surface area contributed by atoms with Crippen LogP contribution in [0.4, 0.5) is 13.2 Å². The molecule has 0 unspecified atom stereocenters. The first kappa shape index (κ1) is 14.5. The van der Waals surface area contributed by atoms with E-state index in [4.69, 9.17) is 5.73 Å². The maximum Gasteiger partial charge on any atom is 0.417 e. The Hall–Kier alpha value is -0.590. The summed E-state index contributed by atoms with van der Waals surface area (Å²) in [5.74, 6) is 0. The Bertz CT molecular complexity index is 379. The van der Waals surface area contributed by atoms with Gasteiger partial charge in [0, 0.05) is 24.1 Å². The summed E-state index contributed by atoms with van der Waals surface area (Å²) in [7, 11) is 1.82. The predicted octanol–water partition coefficient (Wildman–Crippen LogP) is 2.86. The topological polar surface area (TPSA) is 29.3 Å². The monoisotopic (exact) mass is 310 g/mol. The molecular weight excluding hydrogens is 297 g/mol. The van der Waals surface area contributed by atoms with Gasteiger partial charge >= 0.3 is 6.18 Å². The molecule has 0 aromatic heterocycles. The lowest BCUT2D eigenvalue weighted by Crippen LogP contribution is -2.25. The number of nitrogens with two attached hydrogens (primary N) is 1. The van der Waals surface area contributed by atoms with Gasteiger partial charge in [0.05, 0.1) is 5.56 Å². The van der Waals surface area contributed by atoms with E-state index >= 15 is 0 Å². The second-order valence-corrected chi connectivity index (χ2v) is 4.69. The van der Waals surface area contributed by atoms with Crippen molar-refractivity contribution < 1.29 is 13.2 Å². The molecular formula is C11H14BrF3N2. The van der Waals surface area contributed by atoms with Gasteiger partial charge in [-0.2, -0.15) is 13.2 Å². The Morgan fingerprint density at radius 2 is 2.00 bits per heavy atom. The van der Waals surface area contributed by atoms with Gasteiger partial charge in [0.15, 0.2) is 0 Å². The third kappa shape index (κ3) is 4.29. The van der Waals surface area contributed by atoms with Crippen LogP contribution in [0.15, 0.2) is 22.7 Å². The van der Waals surface area contributed by atoms with Gasteiger partial charge in [-0.3, -0.25) is 0 Å². The van der Waals surface area contributed by atoms with Crippen LogP contribution >= 0.6 is 15.9 Å². The Balaban J connectivity index is 2.89. The molecule has 0 atom stereocenters. The van der Waals surface area contributed by atoms with E-state index in [2.05, 4.69) is 15.9 Å². The van der Waals surface area contributed by atoms with Gasteiger partial charge in [-0.15, -0.1) is 0 Å². The molecule has 17 heavy (non-hydrogen) atoms. The molecule has 0 aliphatic carbocycles. The van der Waals surface area contributed by atoms with E-state index in [0.29, 0.717) is 25.2 Å². The zero-order valence-corrected chi connectivity index (χ0v) is 11.0. The summed E-state index contributed by atoms with van der Waals surface area (Å²) in [5, 5.41) is 0. The minimum Gasteiger partial charge on any atom is -0.329 e. The second-order valence-electron chi connectivity index (χ2n) is 3.84. The van der Waals surface area contributed by atoms with Gasteiger partial charge in [0.2, 0.25) is 0 Å². The summed E-state index contributed by atoms with van der Waals surface area (Å²) >= 11 is 2.91. The van der Waals surface area contributed by atoms with Crippen LogP contribution in [0, 0.1) is 0 Å². The van der Waals surface area contributed by atoms with Crippen LogP contribution in [0.3, 0.4) is 0 Å². The maximum absolute atomic E-state index is 12.7. The first-order valence-electron chi connectivity index (χ1n) is 5.09. The smallest absolute Gasteiger partial charge is 0.329 e. The summed E-state index contributed by atoms with van der Waals surface area (Å²) in [6.07, 6.45) is -4.33. The predicted molar refractivity (Wildman–Crippen MR) is 64.5 cm³/mol. The Labute approximate surface area is 107 Å². The number of hydrogen-bond acceptors (Lipinski definition) is 2. The minimum atomic E-state index is -4.33. The highest BCUT2D eigenvalue weighted by atomic mass is 79.9. The first-order chi connectivity index (χ1) is 7.84. The molecule has 0 saturated carbocycles. The van der Waals surface area contributed by atoms with Gasteiger partial charge in [0.25, 0.3) is 0 Å². The highest BCUT2D eigenvalue weighted by Crippen LogP contribution is 2.35. The van der Waals surface area contributed by atoms with Crippen LogP contribution in [0.5, 0.6) is 0 Å². The van der Waals surface area contributed by atoms with Crippen molar-refractivity contribution in [3.05, 3.63) is 33.8 Å². The van der Waals surface area contributed by atoms with Crippen molar-refractivity contribution >= 4 is 15.9 Å². The number of nitrogens with zero attached hydrogens (tertiary/aromatic N) is 1. The van der Waals surface area contributed by atoms with Gasteiger partial charge in [0.1, 0.15) is 0 Å². The standard InChI is InChI=1S/C11H14BrF3N2/c1-17(5-4-16)7-8-2-3-10(12)9(6-8)11(13,14)15/h2-3,6H,4-5,7,16H2,1H3. The SMILES string of the molecule is CN(CCN)Cc1ccc(Br)c(C(F)(F)F)c1. The van der Waals surface area contributed by atoms with E-state index in [1.165, 1.54) is 6.07 Å². The molecule has 2 nitrogen and oxygen atoms in total. The van der Waals surface area contributed by atoms with Crippen molar-refractivity contribution in [2.24, 2.45) is 5.73 Å². The van der Waals surface area contributed by atoms with Crippen molar-refractivity contribution in [1.82, 2.24) is 4.90 Å². The number of alkyl halides is 3. The van der Waals surface area contributed by atoms with Crippen LogP contribution in [0.2, 0.25) is 0 Å². The average Bonchev–Trinajstić information content (AvgIpc) is 2.19. The zero-order chi connectivity index (χ0) is 13.1. The normalized spacial score (nSPS) is 12.2. The molecule has 0 saturated heterocycles. The highest BCUT2D eigenvalue weighted by Gasteiger charge is 2.33. The zero-order valence-electron chi connectivity index (χ0n) is 9.39. The summed E-state index contributed by atoms with van der Waals surface area (Å²) in [5.41, 5.74) is 5.36. The number of halogens is 4. The molecule has 0 aliphatic heterocycles. The number of benzene rings is 1. The van der Waals surface area contributed by atoms with Crippen LogP contribution in [-0.4, -0.2) is 25.0 Å². The van der Waals surface area contributed by atoms with Crippen molar-refractivity contribution in [1.29, 1.82) is 0 Å². The largest absolute Gasteiger partial charge is 0.417 e. The van der Waals surface area contributed by atoms with E-state index in [1.54, 1.807) is 6.07 Å². The van der Waals surface area contributed by atoms with Crippen LogP contribution in [0.25, 0.3) is 0 Å². The molecule has 0 aliphatic rings. The summed E-state index contributed by atoms with van der Waals surface area (Å²) in [4.78, 5) is 1.88. The van der Waals surface area contributed by atoms with Gasteiger partial charge < -0.3 is 10.6 Å². The van der Waals surface area contributed by atoms with E-state index < -0.39 is 11.7 Å². The van der Waals surface area contributed by atoms with Crippen molar-refractivity contribution in [3.8, 4) is 0 Å². The summed E-state index contributed by atoms with van der Waals surface area (Å²) < 4.78 is 38.0. The molecule has 1 aromatic carbocycles. The van der Waals surface area contributed by atoms with E-state index in [0.717, 1.165) is 6.07 Å². The maximum atomic E-state index is 12.7.